The van der Waals surface area contributed by atoms with Gasteiger partial charge in [0.2, 0.25) is 0 Å². The number of hydrogen-bond acceptors (Lipinski definition) is 1. The lowest BCUT2D eigenvalue weighted by Gasteiger charge is -2.14. The zero-order chi connectivity index (χ0) is 14.7. The van der Waals surface area contributed by atoms with Crippen molar-refractivity contribution >= 4 is 0 Å². The molecule has 0 atom stereocenters. The molecule has 0 aromatic heterocycles. The molecule has 2 N–H and O–H groups in total. The van der Waals surface area contributed by atoms with Crippen molar-refractivity contribution in [1.29, 1.82) is 0 Å². The van der Waals surface area contributed by atoms with Gasteiger partial charge in [-0.25, -0.2) is 0 Å². The average molecular weight is 285 g/mol. The van der Waals surface area contributed by atoms with E-state index in [1.165, 1.54) is 0 Å². The van der Waals surface area contributed by atoms with E-state index in [1.807, 2.05) is 0 Å². The van der Waals surface area contributed by atoms with Gasteiger partial charge in [-0.3, -0.25) is 0 Å². The highest BCUT2D eigenvalue weighted by molar-refractivity contribution is 5.33. The zero-order valence-corrected chi connectivity index (χ0v) is 9.91. The molecule has 0 aliphatic rings. The molecule has 108 valence electrons. The van der Waals surface area contributed by atoms with Crippen molar-refractivity contribution in [3.05, 3.63) is 34.9 Å². The van der Waals surface area contributed by atoms with Crippen molar-refractivity contribution in [1.82, 2.24) is 0 Å². The standard InChI is InChI=1S/C12H13F6N/c13-11(14,15)9-5-8(3-1-2-4-19)6-10(7-9)12(16,17)18/h5-7H,1-4,19H2. The number of benzene rings is 1. The van der Waals surface area contributed by atoms with Gasteiger partial charge in [-0.2, -0.15) is 26.3 Å². The van der Waals surface area contributed by atoms with E-state index in [4.69, 9.17) is 5.73 Å². The topological polar surface area (TPSA) is 26.0 Å². The minimum atomic E-state index is -4.79. The minimum absolute atomic E-state index is 0.0237. The molecule has 0 radical (unpaired) electrons. The lowest BCUT2D eigenvalue weighted by atomic mass is 10.0. The van der Waals surface area contributed by atoms with Gasteiger partial charge in [0.1, 0.15) is 0 Å². The predicted molar refractivity (Wildman–Crippen MR) is 58.4 cm³/mol. The highest BCUT2D eigenvalue weighted by Crippen LogP contribution is 2.36. The Morgan fingerprint density at radius 2 is 1.26 bits per heavy atom. The smallest absolute Gasteiger partial charge is 0.330 e. The van der Waals surface area contributed by atoms with Crippen molar-refractivity contribution in [3.63, 3.8) is 0 Å². The van der Waals surface area contributed by atoms with Crippen LogP contribution in [0.25, 0.3) is 0 Å². The number of rotatable bonds is 4. The maximum atomic E-state index is 12.5. The van der Waals surface area contributed by atoms with Crippen molar-refractivity contribution in [2.75, 3.05) is 6.54 Å². The highest BCUT2D eigenvalue weighted by Gasteiger charge is 2.36. The summed E-state index contributed by atoms with van der Waals surface area (Å²) in [5.41, 5.74) is 2.71. The summed E-state index contributed by atoms with van der Waals surface area (Å²) in [5.74, 6) is 0. The van der Waals surface area contributed by atoms with Crippen LogP contribution < -0.4 is 5.73 Å². The maximum absolute atomic E-state index is 12.5. The summed E-state index contributed by atoms with van der Waals surface area (Å²) in [5, 5.41) is 0. The zero-order valence-electron chi connectivity index (χ0n) is 9.91. The summed E-state index contributed by atoms with van der Waals surface area (Å²) < 4.78 is 75.2. The van der Waals surface area contributed by atoms with Crippen LogP contribution in [-0.4, -0.2) is 6.54 Å². The summed E-state index contributed by atoms with van der Waals surface area (Å²) in [6.07, 6.45) is -8.43. The van der Waals surface area contributed by atoms with Crippen molar-refractivity contribution in [3.8, 4) is 0 Å². The Kier molecular flexibility index (Phi) is 4.84. The molecule has 0 fully saturated rings. The number of unbranched alkanes of at least 4 members (excludes halogenated alkanes) is 1. The molecule has 0 aliphatic heterocycles. The third kappa shape index (κ3) is 4.74. The van der Waals surface area contributed by atoms with Crippen molar-refractivity contribution in [2.24, 2.45) is 5.73 Å². The van der Waals surface area contributed by atoms with E-state index in [2.05, 4.69) is 0 Å². The molecule has 0 saturated heterocycles. The number of hydrogen-bond donors (Lipinski definition) is 1. The summed E-state index contributed by atoms with van der Waals surface area (Å²) in [6, 6.07) is 1.64. The fraction of sp³-hybridized carbons (Fsp3) is 0.500. The van der Waals surface area contributed by atoms with Crippen LogP contribution in [0.4, 0.5) is 26.3 Å². The van der Waals surface area contributed by atoms with Crippen LogP contribution in [0, 0.1) is 0 Å². The predicted octanol–water partition coefficient (Wildman–Crippen LogP) is 4.01. The van der Waals surface area contributed by atoms with Gasteiger partial charge in [0.05, 0.1) is 11.1 Å². The molecule has 0 saturated carbocycles. The summed E-state index contributed by atoms with van der Waals surface area (Å²) in [7, 11) is 0. The number of alkyl halides is 6. The molecule has 1 nitrogen and oxygen atoms in total. The second kappa shape index (κ2) is 5.81. The molecule has 1 aromatic rings. The first-order chi connectivity index (χ1) is 8.64. The van der Waals surface area contributed by atoms with E-state index in [9.17, 15) is 26.3 Å². The first-order valence-electron chi connectivity index (χ1n) is 5.63. The Labute approximate surface area is 106 Å². The van der Waals surface area contributed by atoms with Gasteiger partial charge in [0.15, 0.2) is 0 Å². The van der Waals surface area contributed by atoms with Crippen LogP contribution in [-0.2, 0) is 18.8 Å². The molecule has 0 unspecified atom stereocenters. The van der Waals surface area contributed by atoms with E-state index >= 15 is 0 Å². The Morgan fingerprint density at radius 1 is 0.789 bits per heavy atom. The van der Waals surface area contributed by atoms with Crippen LogP contribution in [0.1, 0.15) is 29.5 Å². The molecule has 19 heavy (non-hydrogen) atoms. The molecule has 7 heteroatoms. The quantitative estimate of drug-likeness (QED) is 0.656. The van der Waals surface area contributed by atoms with E-state index in [0.717, 1.165) is 12.1 Å². The van der Waals surface area contributed by atoms with Gasteiger partial charge in [-0.05, 0) is 49.6 Å². The van der Waals surface area contributed by atoms with Crippen molar-refractivity contribution < 1.29 is 26.3 Å². The number of aryl methyl sites for hydroxylation is 1. The lowest BCUT2D eigenvalue weighted by Crippen LogP contribution is -2.12. The largest absolute Gasteiger partial charge is 0.416 e. The number of nitrogens with two attached hydrogens (primary N) is 1. The Balaban J connectivity index is 3.10. The SMILES string of the molecule is NCCCCc1cc(C(F)(F)F)cc(C(F)(F)F)c1. The third-order valence-corrected chi connectivity index (χ3v) is 2.57. The first-order valence-corrected chi connectivity index (χ1v) is 5.63. The first kappa shape index (κ1) is 15.8. The Bertz CT molecular complexity index is 389. The minimum Gasteiger partial charge on any atom is -0.330 e. The maximum Gasteiger partial charge on any atom is 0.416 e. The van der Waals surface area contributed by atoms with Gasteiger partial charge in [-0.1, -0.05) is 0 Å². The van der Waals surface area contributed by atoms with Gasteiger partial charge >= 0.3 is 12.4 Å². The molecular weight excluding hydrogens is 272 g/mol. The summed E-state index contributed by atoms with van der Waals surface area (Å²) >= 11 is 0. The molecule has 0 amide bonds. The van der Waals surface area contributed by atoms with Crippen LogP contribution >= 0.6 is 0 Å². The normalized spacial score (nSPS) is 12.8. The van der Waals surface area contributed by atoms with Gasteiger partial charge in [0.25, 0.3) is 0 Å². The van der Waals surface area contributed by atoms with E-state index < -0.39 is 23.5 Å². The molecule has 1 aromatic carbocycles. The highest BCUT2D eigenvalue weighted by atomic mass is 19.4. The van der Waals surface area contributed by atoms with E-state index in [0.29, 0.717) is 19.4 Å². The fourth-order valence-corrected chi connectivity index (χ4v) is 1.64. The average Bonchev–Trinajstić information content (AvgIpc) is 2.27. The second-order valence-electron chi connectivity index (χ2n) is 4.16. The van der Waals surface area contributed by atoms with Gasteiger partial charge in [-0.15, -0.1) is 0 Å². The second-order valence-corrected chi connectivity index (χ2v) is 4.16. The lowest BCUT2D eigenvalue weighted by molar-refractivity contribution is -0.143. The van der Waals surface area contributed by atoms with Crippen LogP contribution in [0.15, 0.2) is 18.2 Å². The summed E-state index contributed by atoms with van der Waals surface area (Å²) in [6.45, 7) is 0.352. The molecule has 0 spiro atoms. The van der Waals surface area contributed by atoms with E-state index in [1.54, 1.807) is 0 Å². The molecule has 0 heterocycles. The Hall–Kier alpha value is -1.24. The number of halogens is 6. The van der Waals surface area contributed by atoms with Crippen LogP contribution in [0.3, 0.4) is 0 Å². The molecule has 0 aliphatic carbocycles. The molecule has 0 bridgehead atoms. The van der Waals surface area contributed by atoms with Gasteiger partial charge in [0, 0.05) is 0 Å². The molecule has 1 rings (SSSR count). The van der Waals surface area contributed by atoms with Crippen LogP contribution in [0.2, 0.25) is 0 Å². The third-order valence-electron chi connectivity index (χ3n) is 2.57. The van der Waals surface area contributed by atoms with E-state index in [-0.39, 0.29) is 18.1 Å². The fourth-order valence-electron chi connectivity index (χ4n) is 1.64. The monoisotopic (exact) mass is 285 g/mol. The van der Waals surface area contributed by atoms with Gasteiger partial charge < -0.3 is 5.73 Å². The molecular formula is C12H13F6N. The Morgan fingerprint density at radius 3 is 1.63 bits per heavy atom. The van der Waals surface area contributed by atoms with Crippen molar-refractivity contribution in [2.45, 2.75) is 31.6 Å². The summed E-state index contributed by atoms with van der Waals surface area (Å²) in [4.78, 5) is 0. The van der Waals surface area contributed by atoms with Crippen LogP contribution in [0.5, 0.6) is 0 Å².